The highest BCUT2D eigenvalue weighted by Crippen LogP contribution is 2.43. The number of nitrogens with zero attached hydrogens (tertiary/aromatic N) is 1. The number of hydrogen-bond acceptors (Lipinski definition) is 3. The van der Waals surface area contributed by atoms with E-state index in [1.807, 2.05) is 50.4 Å². The maximum absolute atomic E-state index is 11.8. The molecule has 0 atom stereocenters. The molecule has 1 aromatic carbocycles. The Morgan fingerprint density at radius 2 is 1.68 bits per heavy atom. The van der Waals surface area contributed by atoms with Crippen LogP contribution in [0, 0.1) is 10.1 Å². The first-order valence-corrected chi connectivity index (χ1v) is 8.27. The molecule has 22 heavy (non-hydrogen) atoms. The molecular formula is C18H23NO2S. The van der Waals surface area contributed by atoms with Crippen LogP contribution in [0.5, 0.6) is 0 Å². The third-order valence-corrected chi connectivity index (χ3v) is 4.66. The predicted octanol–water partition coefficient (Wildman–Crippen LogP) is 5.92. The summed E-state index contributed by atoms with van der Waals surface area (Å²) in [6.07, 6.45) is 0. The molecule has 0 unspecified atom stereocenters. The first kappa shape index (κ1) is 16.7. The van der Waals surface area contributed by atoms with E-state index in [9.17, 15) is 10.1 Å². The Labute approximate surface area is 136 Å². The summed E-state index contributed by atoms with van der Waals surface area (Å²) in [5, 5.41) is 13.7. The Bertz CT molecular complexity index is 689. The van der Waals surface area contributed by atoms with Crippen molar-refractivity contribution in [2.24, 2.45) is 0 Å². The smallest absolute Gasteiger partial charge is 0.258 e. The second-order valence-electron chi connectivity index (χ2n) is 7.65. The Kier molecular flexibility index (Phi) is 4.18. The molecule has 2 rings (SSSR count). The molecule has 0 amide bonds. The summed E-state index contributed by atoms with van der Waals surface area (Å²) in [6, 6.07) is 7.88. The van der Waals surface area contributed by atoms with E-state index in [4.69, 9.17) is 0 Å². The molecule has 4 heteroatoms. The molecule has 0 bridgehead atoms. The number of hydrogen-bond donors (Lipinski definition) is 0. The summed E-state index contributed by atoms with van der Waals surface area (Å²) >= 11 is 1.54. The zero-order valence-corrected chi connectivity index (χ0v) is 14.9. The molecule has 0 fully saturated rings. The van der Waals surface area contributed by atoms with Gasteiger partial charge in [-0.2, -0.15) is 0 Å². The molecule has 0 radical (unpaired) electrons. The van der Waals surface area contributed by atoms with E-state index in [0.29, 0.717) is 0 Å². The summed E-state index contributed by atoms with van der Waals surface area (Å²) in [6.45, 7) is 12.5. The Morgan fingerprint density at radius 1 is 1.05 bits per heavy atom. The number of rotatable bonds is 2. The molecular weight excluding hydrogens is 294 g/mol. The second-order valence-corrected chi connectivity index (χ2v) is 8.60. The lowest BCUT2D eigenvalue weighted by Gasteiger charge is -2.26. The molecule has 0 spiro atoms. The first-order valence-electron chi connectivity index (χ1n) is 7.39. The van der Waals surface area contributed by atoms with Crippen molar-refractivity contribution in [2.45, 2.75) is 52.4 Å². The van der Waals surface area contributed by atoms with Gasteiger partial charge in [0.15, 0.2) is 0 Å². The topological polar surface area (TPSA) is 43.1 Å². The maximum atomic E-state index is 11.8. The SMILES string of the molecule is CC(C)(C)c1cc(-c2cccs2)c([N+](=O)[O-])c(C(C)(C)C)c1. The van der Waals surface area contributed by atoms with Gasteiger partial charge in [-0.15, -0.1) is 11.3 Å². The van der Waals surface area contributed by atoms with Crippen LogP contribution < -0.4 is 0 Å². The predicted molar refractivity (Wildman–Crippen MR) is 93.8 cm³/mol. The molecule has 1 heterocycles. The molecule has 0 saturated heterocycles. The van der Waals surface area contributed by atoms with Gasteiger partial charge in [0.1, 0.15) is 0 Å². The van der Waals surface area contributed by atoms with E-state index in [-0.39, 0.29) is 21.4 Å². The number of nitro groups is 1. The van der Waals surface area contributed by atoms with Crippen molar-refractivity contribution in [1.82, 2.24) is 0 Å². The lowest BCUT2D eigenvalue weighted by molar-refractivity contribution is -0.385. The lowest BCUT2D eigenvalue weighted by atomic mass is 9.78. The van der Waals surface area contributed by atoms with Crippen LogP contribution in [0.15, 0.2) is 29.6 Å². The highest BCUT2D eigenvalue weighted by atomic mass is 32.1. The molecule has 0 aliphatic rings. The van der Waals surface area contributed by atoms with Crippen molar-refractivity contribution in [2.75, 3.05) is 0 Å². The van der Waals surface area contributed by atoms with E-state index in [1.54, 1.807) is 11.3 Å². The van der Waals surface area contributed by atoms with Gasteiger partial charge in [0.05, 0.1) is 10.5 Å². The Hall–Kier alpha value is -1.68. The van der Waals surface area contributed by atoms with Gasteiger partial charge < -0.3 is 0 Å². The zero-order valence-electron chi connectivity index (χ0n) is 14.1. The summed E-state index contributed by atoms with van der Waals surface area (Å²) in [5.74, 6) is 0. The normalized spacial score (nSPS) is 12.5. The molecule has 0 N–H and O–H groups in total. The van der Waals surface area contributed by atoms with Gasteiger partial charge in [0.2, 0.25) is 0 Å². The van der Waals surface area contributed by atoms with E-state index in [1.165, 1.54) is 0 Å². The van der Waals surface area contributed by atoms with Gasteiger partial charge in [-0.3, -0.25) is 10.1 Å². The minimum Gasteiger partial charge on any atom is -0.258 e. The molecule has 2 aromatic rings. The number of thiophene rings is 1. The molecule has 3 nitrogen and oxygen atoms in total. The van der Waals surface area contributed by atoms with E-state index in [0.717, 1.165) is 21.6 Å². The minimum atomic E-state index is -0.282. The fourth-order valence-electron chi connectivity index (χ4n) is 2.46. The van der Waals surface area contributed by atoms with Crippen LogP contribution in [0.4, 0.5) is 5.69 Å². The van der Waals surface area contributed by atoms with Crippen molar-refractivity contribution in [3.63, 3.8) is 0 Å². The minimum absolute atomic E-state index is 0.0544. The molecule has 0 aliphatic carbocycles. The van der Waals surface area contributed by atoms with Crippen LogP contribution in [0.2, 0.25) is 0 Å². The van der Waals surface area contributed by atoms with Crippen LogP contribution >= 0.6 is 11.3 Å². The highest BCUT2D eigenvalue weighted by Gasteiger charge is 2.31. The van der Waals surface area contributed by atoms with Crippen molar-refractivity contribution in [1.29, 1.82) is 0 Å². The Morgan fingerprint density at radius 3 is 2.09 bits per heavy atom. The van der Waals surface area contributed by atoms with Crippen molar-refractivity contribution in [3.8, 4) is 10.4 Å². The average molecular weight is 317 g/mol. The summed E-state index contributed by atoms with van der Waals surface area (Å²) in [7, 11) is 0. The summed E-state index contributed by atoms with van der Waals surface area (Å²) in [4.78, 5) is 12.5. The highest BCUT2D eigenvalue weighted by molar-refractivity contribution is 7.13. The van der Waals surface area contributed by atoms with Gasteiger partial charge in [-0.25, -0.2) is 0 Å². The van der Waals surface area contributed by atoms with Gasteiger partial charge >= 0.3 is 0 Å². The summed E-state index contributed by atoms with van der Waals surface area (Å²) < 4.78 is 0. The van der Waals surface area contributed by atoms with Crippen molar-refractivity contribution < 1.29 is 4.92 Å². The maximum Gasteiger partial charge on any atom is 0.281 e. The van der Waals surface area contributed by atoms with Gasteiger partial charge in [0, 0.05) is 10.4 Å². The Balaban J connectivity index is 2.88. The third kappa shape index (κ3) is 3.22. The van der Waals surface area contributed by atoms with Crippen LogP contribution in [-0.4, -0.2) is 4.92 Å². The fourth-order valence-corrected chi connectivity index (χ4v) is 3.20. The monoisotopic (exact) mass is 317 g/mol. The molecule has 1 aromatic heterocycles. The fraction of sp³-hybridized carbons (Fsp3) is 0.444. The number of benzene rings is 1. The van der Waals surface area contributed by atoms with Gasteiger partial charge in [0.25, 0.3) is 5.69 Å². The van der Waals surface area contributed by atoms with E-state index < -0.39 is 0 Å². The largest absolute Gasteiger partial charge is 0.281 e. The van der Waals surface area contributed by atoms with Crippen molar-refractivity contribution >= 4 is 17.0 Å². The first-order chi connectivity index (χ1) is 10.0. The van der Waals surface area contributed by atoms with Crippen LogP contribution in [-0.2, 0) is 10.8 Å². The molecule has 0 aliphatic heterocycles. The van der Waals surface area contributed by atoms with E-state index >= 15 is 0 Å². The van der Waals surface area contributed by atoms with Crippen molar-refractivity contribution in [3.05, 3.63) is 50.9 Å². The van der Waals surface area contributed by atoms with Crippen LogP contribution in [0.3, 0.4) is 0 Å². The van der Waals surface area contributed by atoms with Crippen LogP contribution in [0.25, 0.3) is 10.4 Å². The number of nitro benzene ring substituents is 1. The standard InChI is InChI=1S/C18H23NO2S/c1-17(2,3)12-10-13(15-8-7-9-22-15)16(19(20)21)14(11-12)18(4,5)6/h7-11H,1-6H3. The molecule has 118 valence electrons. The lowest BCUT2D eigenvalue weighted by Crippen LogP contribution is -2.18. The van der Waals surface area contributed by atoms with Gasteiger partial charge in [-0.05, 0) is 40.0 Å². The van der Waals surface area contributed by atoms with E-state index in [2.05, 4.69) is 20.8 Å². The molecule has 0 saturated carbocycles. The van der Waals surface area contributed by atoms with Crippen LogP contribution in [0.1, 0.15) is 52.7 Å². The quantitative estimate of drug-likeness (QED) is 0.510. The van der Waals surface area contributed by atoms with Gasteiger partial charge in [-0.1, -0.05) is 47.6 Å². The average Bonchev–Trinajstić information content (AvgIpc) is 2.88. The second kappa shape index (κ2) is 5.51. The zero-order chi connectivity index (χ0) is 16.7. The summed E-state index contributed by atoms with van der Waals surface area (Å²) in [5.41, 5.74) is 2.57. The third-order valence-electron chi connectivity index (χ3n) is 3.75.